The zero-order valence-electron chi connectivity index (χ0n) is 25.4. The van der Waals surface area contributed by atoms with Crippen molar-refractivity contribution in [1.82, 2.24) is 0 Å². The summed E-state index contributed by atoms with van der Waals surface area (Å²) in [5.74, 6) is -1.61. The van der Waals surface area contributed by atoms with E-state index in [0.29, 0.717) is 11.4 Å². The summed E-state index contributed by atoms with van der Waals surface area (Å²) in [5.41, 5.74) is 6.71. The van der Waals surface area contributed by atoms with Gasteiger partial charge < -0.3 is 30.6 Å². The summed E-state index contributed by atoms with van der Waals surface area (Å²) >= 11 is 0. The Balaban J connectivity index is 1.60. The molecule has 0 spiro atoms. The number of anilines is 4. The molecule has 2 aromatic rings. The van der Waals surface area contributed by atoms with Crippen molar-refractivity contribution in [2.75, 3.05) is 34.5 Å². The molecule has 3 aliphatic rings. The van der Waals surface area contributed by atoms with Crippen LogP contribution in [0.4, 0.5) is 22.7 Å². The summed E-state index contributed by atoms with van der Waals surface area (Å²) in [6, 6.07) is 8.55. The van der Waals surface area contributed by atoms with Crippen molar-refractivity contribution in [1.29, 1.82) is 0 Å². The summed E-state index contributed by atoms with van der Waals surface area (Å²) in [6.07, 6.45) is -1.82. The summed E-state index contributed by atoms with van der Waals surface area (Å²) in [7, 11) is 4.10. The fourth-order valence-corrected chi connectivity index (χ4v) is 7.25. The lowest BCUT2D eigenvalue weighted by Gasteiger charge is -2.48. The summed E-state index contributed by atoms with van der Waals surface area (Å²) in [5, 5.41) is 29.3. The SMILES string of the molecule is CC(=O)Nc1cc2c(cc1C1C(O)C(c3cc4c(cc3NC(C)=O)N(C)C(C)C4(C)C)C1O)C(C)(C)C(C)N2C. The zero-order chi connectivity index (χ0) is 29.6. The molecule has 0 aromatic heterocycles. The molecular formula is C32H44N4O4. The second-order valence-electron chi connectivity index (χ2n) is 13.3. The van der Waals surface area contributed by atoms with Gasteiger partial charge in [0.15, 0.2) is 0 Å². The van der Waals surface area contributed by atoms with Gasteiger partial charge in [0.2, 0.25) is 11.8 Å². The number of rotatable bonds is 4. The van der Waals surface area contributed by atoms with Crippen LogP contribution in [-0.4, -0.2) is 60.4 Å². The third-order valence-corrected chi connectivity index (χ3v) is 10.5. The van der Waals surface area contributed by atoms with E-state index in [1.54, 1.807) is 0 Å². The molecule has 5 rings (SSSR count). The van der Waals surface area contributed by atoms with Gasteiger partial charge in [-0.15, -0.1) is 0 Å². The molecular weight excluding hydrogens is 504 g/mol. The van der Waals surface area contributed by atoms with Gasteiger partial charge in [-0.25, -0.2) is 0 Å². The van der Waals surface area contributed by atoms with Crippen LogP contribution in [-0.2, 0) is 20.4 Å². The lowest BCUT2D eigenvalue weighted by molar-refractivity contribution is -0.115. The minimum absolute atomic E-state index is 0.153. The Morgan fingerprint density at radius 1 is 0.700 bits per heavy atom. The second-order valence-corrected chi connectivity index (χ2v) is 13.3. The number of likely N-dealkylation sites (N-methyl/N-ethyl adjacent to an activating group) is 2. The third-order valence-electron chi connectivity index (χ3n) is 10.5. The van der Waals surface area contributed by atoms with Crippen molar-refractivity contribution in [3.63, 3.8) is 0 Å². The zero-order valence-corrected chi connectivity index (χ0v) is 25.4. The molecule has 2 aliphatic heterocycles. The van der Waals surface area contributed by atoms with Crippen molar-refractivity contribution in [2.45, 2.75) is 102 Å². The molecule has 216 valence electrons. The third kappa shape index (κ3) is 3.94. The largest absolute Gasteiger partial charge is 0.392 e. The van der Waals surface area contributed by atoms with Crippen molar-refractivity contribution < 1.29 is 19.8 Å². The highest BCUT2D eigenvalue weighted by molar-refractivity contribution is 5.92. The smallest absolute Gasteiger partial charge is 0.221 e. The Labute approximate surface area is 237 Å². The number of aliphatic hydroxyl groups is 2. The quantitative estimate of drug-likeness (QED) is 0.450. The molecule has 2 aromatic carbocycles. The number of fused-ring (bicyclic) bond motifs is 2. The van der Waals surface area contributed by atoms with E-state index in [9.17, 15) is 19.8 Å². The van der Waals surface area contributed by atoms with E-state index in [0.717, 1.165) is 33.6 Å². The van der Waals surface area contributed by atoms with Crippen LogP contribution in [0, 0.1) is 0 Å². The molecule has 2 unspecified atom stereocenters. The topological polar surface area (TPSA) is 105 Å². The molecule has 1 saturated carbocycles. The first-order chi connectivity index (χ1) is 18.5. The Hall–Kier alpha value is -3.10. The van der Waals surface area contributed by atoms with E-state index in [-0.39, 0.29) is 34.7 Å². The number of nitrogens with one attached hydrogen (secondary N) is 2. The molecule has 1 fully saturated rings. The van der Waals surface area contributed by atoms with Gasteiger partial charge in [-0.05, 0) is 48.2 Å². The standard InChI is InChI=1S/C32H44N4O4/c1-15-31(5,6)21-11-19(23(33-17(3)37)13-25(21)35(15)9)27-29(39)28(30(27)40)20-12-22-26(14-24(20)34-18(4)38)36(10)16(2)32(22,7)8/h11-16,27-30,39-40H,1-10H3,(H,33,37)(H,34,38). The van der Waals surface area contributed by atoms with E-state index in [4.69, 9.17) is 0 Å². The molecule has 1 aliphatic carbocycles. The lowest BCUT2D eigenvalue weighted by atomic mass is 9.61. The van der Waals surface area contributed by atoms with Crippen LogP contribution in [0.3, 0.4) is 0 Å². The highest BCUT2D eigenvalue weighted by Crippen LogP contribution is 2.56. The van der Waals surface area contributed by atoms with E-state index in [2.05, 4.69) is 88.2 Å². The van der Waals surface area contributed by atoms with Crippen LogP contribution < -0.4 is 20.4 Å². The Morgan fingerprint density at radius 2 is 1.02 bits per heavy atom. The van der Waals surface area contributed by atoms with E-state index >= 15 is 0 Å². The summed E-state index contributed by atoms with van der Waals surface area (Å²) < 4.78 is 0. The number of hydrogen-bond donors (Lipinski definition) is 4. The van der Waals surface area contributed by atoms with Gasteiger partial charge in [0, 0.05) is 85.4 Å². The molecule has 8 nitrogen and oxygen atoms in total. The van der Waals surface area contributed by atoms with Crippen molar-refractivity contribution >= 4 is 34.6 Å². The normalized spacial score (nSPS) is 29.5. The van der Waals surface area contributed by atoms with Crippen LogP contribution in [0.2, 0.25) is 0 Å². The van der Waals surface area contributed by atoms with Crippen molar-refractivity contribution in [3.8, 4) is 0 Å². The Morgan fingerprint density at radius 3 is 1.32 bits per heavy atom. The van der Waals surface area contributed by atoms with Crippen LogP contribution in [0.5, 0.6) is 0 Å². The molecule has 2 amide bonds. The first-order valence-corrected chi connectivity index (χ1v) is 14.2. The average molecular weight is 549 g/mol. The number of amides is 2. The molecule has 2 atom stereocenters. The van der Waals surface area contributed by atoms with Gasteiger partial charge in [-0.1, -0.05) is 39.8 Å². The van der Waals surface area contributed by atoms with Crippen LogP contribution >= 0.6 is 0 Å². The highest BCUT2D eigenvalue weighted by atomic mass is 16.3. The monoisotopic (exact) mass is 548 g/mol. The van der Waals surface area contributed by atoms with Crippen LogP contribution in [0.25, 0.3) is 0 Å². The first kappa shape index (κ1) is 28.4. The van der Waals surface area contributed by atoms with Gasteiger partial charge in [0.05, 0.1) is 12.2 Å². The number of carbonyl (C=O) groups excluding carboxylic acids is 2. The van der Waals surface area contributed by atoms with E-state index in [1.807, 2.05) is 12.1 Å². The van der Waals surface area contributed by atoms with Gasteiger partial charge in [0.1, 0.15) is 0 Å². The predicted octanol–water partition coefficient (Wildman–Crippen LogP) is 4.44. The molecule has 2 heterocycles. The fraction of sp³-hybridized carbons (Fsp3) is 0.562. The van der Waals surface area contributed by atoms with Crippen LogP contribution in [0.1, 0.15) is 89.5 Å². The lowest BCUT2D eigenvalue weighted by Crippen LogP contribution is -2.52. The van der Waals surface area contributed by atoms with Crippen LogP contribution in [0.15, 0.2) is 24.3 Å². The fourth-order valence-electron chi connectivity index (χ4n) is 7.25. The maximum atomic E-state index is 12.2. The maximum absolute atomic E-state index is 12.2. The summed E-state index contributed by atoms with van der Waals surface area (Å²) in [6.45, 7) is 16.1. The molecule has 8 heteroatoms. The number of hydrogen-bond acceptors (Lipinski definition) is 6. The number of aliphatic hydroxyl groups excluding tert-OH is 2. The summed E-state index contributed by atoms with van der Waals surface area (Å²) in [4.78, 5) is 28.8. The van der Waals surface area contributed by atoms with E-state index in [1.165, 1.54) is 13.8 Å². The van der Waals surface area contributed by atoms with Crippen molar-refractivity contribution in [2.24, 2.45) is 0 Å². The number of carbonyl (C=O) groups is 2. The maximum Gasteiger partial charge on any atom is 0.221 e. The van der Waals surface area contributed by atoms with Gasteiger partial charge in [0.25, 0.3) is 0 Å². The predicted molar refractivity (Wildman–Crippen MR) is 161 cm³/mol. The average Bonchev–Trinajstić information content (AvgIpc) is 3.13. The molecule has 40 heavy (non-hydrogen) atoms. The van der Waals surface area contributed by atoms with E-state index < -0.39 is 24.0 Å². The molecule has 0 saturated heterocycles. The second kappa shape index (κ2) is 9.21. The highest BCUT2D eigenvalue weighted by Gasteiger charge is 2.54. The number of nitrogens with zero attached hydrogens (tertiary/aromatic N) is 2. The first-order valence-electron chi connectivity index (χ1n) is 14.2. The Kier molecular flexibility index (Phi) is 6.55. The molecule has 4 N–H and O–H groups in total. The van der Waals surface area contributed by atoms with Crippen molar-refractivity contribution in [3.05, 3.63) is 46.5 Å². The van der Waals surface area contributed by atoms with Gasteiger partial charge in [-0.3, -0.25) is 9.59 Å². The Bertz CT molecular complexity index is 1290. The molecule has 0 bridgehead atoms. The van der Waals surface area contributed by atoms with Gasteiger partial charge >= 0.3 is 0 Å². The minimum Gasteiger partial charge on any atom is -0.392 e. The molecule has 0 radical (unpaired) electrons. The number of benzene rings is 2. The van der Waals surface area contributed by atoms with Gasteiger partial charge in [-0.2, -0.15) is 0 Å². The minimum atomic E-state index is -0.912.